The Labute approximate surface area is 271 Å². The van der Waals surface area contributed by atoms with Crippen LogP contribution in [-0.4, -0.2) is 50.8 Å². The molecule has 4 aromatic rings. The lowest BCUT2D eigenvalue weighted by molar-refractivity contribution is 0.138. The molecule has 0 spiro atoms. The van der Waals surface area contributed by atoms with Gasteiger partial charge in [0.2, 0.25) is 0 Å². The van der Waals surface area contributed by atoms with Crippen LogP contribution >= 0.6 is 0 Å². The van der Waals surface area contributed by atoms with E-state index >= 15 is 0 Å². The van der Waals surface area contributed by atoms with Crippen LogP contribution < -0.4 is 22.8 Å². The fourth-order valence-electron chi connectivity index (χ4n) is 5.65. The number of hydrazine groups is 1. The number of carbonyl (C=O) groups excluding carboxylic acids is 1. The van der Waals surface area contributed by atoms with Gasteiger partial charge in [-0.2, -0.15) is 5.10 Å². The second-order valence-electron chi connectivity index (χ2n) is 11.0. The Morgan fingerprint density at radius 2 is 1.61 bits per heavy atom. The lowest BCUT2D eigenvalue weighted by Crippen LogP contribution is -2.48. The largest absolute Gasteiger partial charge is 0.351 e. The Morgan fingerprint density at radius 1 is 1.00 bits per heavy atom. The maximum atomic E-state index is 12.1. The summed E-state index contributed by atoms with van der Waals surface area (Å²) in [6, 6.07) is 23.8. The summed E-state index contributed by atoms with van der Waals surface area (Å²) >= 11 is 0. The first-order valence-corrected chi connectivity index (χ1v) is 15.2. The Bertz CT molecular complexity index is 1710. The number of amidine groups is 1. The van der Waals surface area contributed by atoms with E-state index in [1.165, 1.54) is 5.56 Å². The lowest BCUT2D eigenvalue weighted by atomic mass is 10.0. The molecule has 0 saturated carbocycles. The number of hydrogen-bond acceptors (Lipinski definition) is 7. The van der Waals surface area contributed by atoms with Crippen LogP contribution in [0, 0.1) is 0 Å². The molecule has 0 atom stereocenters. The third-order valence-electron chi connectivity index (χ3n) is 7.78. The predicted molar refractivity (Wildman–Crippen MR) is 188 cm³/mol. The van der Waals surface area contributed by atoms with Gasteiger partial charge in [-0.1, -0.05) is 73.3 Å². The van der Waals surface area contributed by atoms with Crippen LogP contribution in [0.15, 0.2) is 115 Å². The highest BCUT2D eigenvalue weighted by Gasteiger charge is 2.27. The maximum Gasteiger partial charge on any atom is 0.319 e. The van der Waals surface area contributed by atoms with Gasteiger partial charge >= 0.3 is 6.03 Å². The molecular formula is C36H43N9O. The van der Waals surface area contributed by atoms with Crippen molar-refractivity contribution < 1.29 is 4.79 Å². The van der Waals surface area contributed by atoms with Gasteiger partial charge in [0.1, 0.15) is 0 Å². The second-order valence-corrected chi connectivity index (χ2v) is 11.0. The molecule has 1 saturated heterocycles. The molecule has 3 aromatic carbocycles. The minimum absolute atomic E-state index is 0.0899. The minimum Gasteiger partial charge on any atom is -0.351 e. The number of benzene rings is 3. The molecule has 238 valence electrons. The molecule has 0 bridgehead atoms. The Kier molecular flexibility index (Phi) is 11.8. The van der Waals surface area contributed by atoms with Crippen molar-refractivity contribution in [1.82, 2.24) is 25.2 Å². The fourth-order valence-corrected chi connectivity index (χ4v) is 5.65. The number of hydrazone groups is 1. The van der Waals surface area contributed by atoms with Crippen molar-refractivity contribution in [3.05, 3.63) is 121 Å². The zero-order chi connectivity index (χ0) is 33.1. The number of hydrogen-bond donors (Lipinski definition) is 4. The van der Waals surface area contributed by atoms with Crippen molar-refractivity contribution in [2.24, 2.45) is 22.5 Å². The molecule has 1 aliphatic heterocycles. The topological polar surface area (TPSA) is 152 Å². The first-order valence-electron chi connectivity index (χ1n) is 15.2. The number of allylic oxidation sites excluding steroid dienone is 4. The van der Waals surface area contributed by atoms with E-state index in [9.17, 15) is 4.79 Å². The monoisotopic (exact) mass is 617 g/mol. The summed E-state index contributed by atoms with van der Waals surface area (Å²) in [5.41, 5.74) is 16.0. The van der Waals surface area contributed by atoms with E-state index in [4.69, 9.17) is 27.4 Å². The van der Waals surface area contributed by atoms with Gasteiger partial charge in [-0.15, -0.1) is 6.58 Å². The molecule has 1 aromatic heterocycles. The van der Waals surface area contributed by atoms with Crippen LogP contribution in [0.4, 0.5) is 4.79 Å². The molecule has 2 amide bonds. The SMILES string of the molecule is C=C/C=C(\C)N(C(N)=O)C1CCN(Cc2ccc(-c3nc4ccc(/C(=N/N)NN)cc4nc3-c3ccccc3)cc2)CC1.C=CC. The van der Waals surface area contributed by atoms with Crippen molar-refractivity contribution >= 4 is 22.9 Å². The summed E-state index contributed by atoms with van der Waals surface area (Å²) in [6.45, 7) is 13.5. The van der Waals surface area contributed by atoms with E-state index in [-0.39, 0.29) is 6.04 Å². The summed E-state index contributed by atoms with van der Waals surface area (Å²) in [4.78, 5) is 26.3. The second kappa shape index (κ2) is 16.1. The molecule has 0 radical (unpaired) electrons. The third-order valence-corrected chi connectivity index (χ3v) is 7.78. The zero-order valence-electron chi connectivity index (χ0n) is 26.6. The number of primary amides is 1. The summed E-state index contributed by atoms with van der Waals surface area (Å²) in [7, 11) is 0. The number of rotatable bonds is 8. The smallest absolute Gasteiger partial charge is 0.319 e. The van der Waals surface area contributed by atoms with Crippen molar-refractivity contribution in [3.8, 4) is 22.5 Å². The molecule has 1 fully saturated rings. The third kappa shape index (κ3) is 8.03. The number of nitrogens with one attached hydrogen (secondary N) is 1. The van der Waals surface area contributed by atoms with Gasteiger partial charge < -0.3 is 17.0 Å². The summed E-state index contributed by atoms with van der Waals surface area (Å²) in [5.74, 6) is 11.4. The highest BCUT2D eigenvalue weighted by Crippen LogP contribution is 2.32. The van der Waals surface area contributed by atoms with Crippen LogP contribution in [0.25, 0.3) is 33.5 Å². The zero-order valence-corrected chi connectivity index (χ0v) is 26.6. The summed E-state index contributed by atoms with van der Waals surface area (Å²) in [5, 5.41) is 3.71. The van der Waals surface area contributed by atoms with Crippen LogP contribution in [0.2, 0.25) is 0 Å². The number of fused-ring (bicyclic) bond motifs is 1. The molecule has 0 aliphatic carbocycles. The van der Waals surface area contributed by atoms with Gasteiger partial charge in [-0.25, -0.2) is 20.6 Å². The highest BCUT2D eigenvalue weighted by atomic mass is 16.2. The van der Waals surface area contributed by atoms with E-state index in [1.54, 1.807) is 17.1 Å². The number of amides is 2. The minimum atomic E-state index is -0.418. The van der Waals surface area contributed by atoms with E-state index < -0.39 is 6.03 Å². The van der Waals surface area contributed by atoms with Crippen molar-refractivity contribution in [3.63, 3.8) is 0 Å². The molecule has 10 heteroatoms. The lowest BCUT2D eigenvalue weighted by Gasteiger charge is -2.38. The van der Waals surface area contributed by atoms with Gasteiger partial charge in [0.05, 0.1) is 22.4 Å². The normalized spacial score (nSPS) is 14.2. The number of urea groups is 1. The number of likely N-dealkylation sites (tertiary alicyclic amines) is 1. The summed E-state index contributed by atoms with van der Waals surface area (Å²) < 4.78 is 0. The Balaban J connectivity index is 0.00000154. The molecular weight excluding hydrogens is 574 g/mol. The van der Waals surface area contributed by atoms with Gasteiger partial charge in [-0.3, -0.25) is 9.80 Å². The highest BCUT2D eigenvalue weighted by molar-refractivity contribution is 6.01. The standard InChI is InChI=1S/C33H37N9O.C3H6/c1-3-7-22(2)42(33(34)43)27-16-18-41(19-17-27)21-23-10-12-25(13-11-23)31-30(24-8-5-4-6-9-24)38-29-20-26(32(39-35)40-36)14-15-28(29)37-31;1-3-2/h3-15,20,27H,1,16-19,21,35-36H2,2H3,(H2,34,43)(H,39,40);3H,1H2,2H3/b22-7+;. The van der Waals surface area contributed by atoms with Crippen molar-refractivity contribution in [2.45, 2.75) is 39.3 Å². The molecule has 0 unspecified atom stereocenters. The van der Waals surface area contributed by atoms with E-state index in [0.717, 1.165) is 71.8 Å². The predicted octanol–water partition coefficient (Wildman–Crippen LogP) is 5.67. The first-order chi connectivity index (χ1) is 22.3. The molecule has 5 rings (SSSR count). The molecule has 10 nitrogen and oxygen atoms in total. The number of aromatic nitrogens is 2. The van der Waals surface area contributed by atoms with Crippen molar-refractivity contribution in [1.29, 1.82) is 0 Å². The Hall–Kier alpha value is -5.32. The van der Waals surface area contributed by atoms with Crippen LogP contribution in [0.3, 0.4) is 0 Å². The van der Waals surface area contributed by atoms with Crippen LogP contribution in [0.5, 0.6) is 0 Å². The van der Waals surface area contributed by atoms with Crippen LogP contribution in [0.1, 0.15) is 37.8 Å². The van der Waals surface area contributed by atoms with Gasteiger partial charge in [0, 0.05) is 48.1 Å². The van der Waals surface area contributed by atoms with Gasteiger partial charge in [-0.05, 0) is 56.5 Å². The number of piperidine rings is 1. The average Bonchev–Trinajstić information content (AvgIpc) is 3.07. The molecule has 1 aliphatic rings. The number of nitrogens with zero attached hydrogens (tertiary/aromatic N) is 5. The van der Waals surface area contributed by atoms with E-state index in [1.807, 2.05) is 68.5 Å². The van der Waals surface area contributed by atoms with Gasteiger partial charge in [0.25, 0.3) is 0 Å². The molecule has 7 N–H and O–H groups in total. The maximum absolute atomic E-state index is 12.1. The van der Waals surface area contributed by atoms with E-state index in [0.29, 0.717) is 11.4 Å². The average molecular weight is 618 g/mol. The quantitative estimate of drug-likeness (QED) is 0.0496. The Morgan fingerprint density at radius 3 is 2.17 bits per heavy atom. The number of nitrogens with two attached hydrogens (primary N) is 3. The summed E-state index contributed by atoms with van der Waals surface area (Å²) in [6.07, 6.45) is 6.97. The van der Waals surface area contributed by atoms with E-state index in [2.05, 4.69) is 52.9 Å². The first kappa shape index (κ1) is 33.6. The van der Waals surface area contributed by atoms with Crippen molar-refractivity contribution in [2.75, 3.05) is 13.1 Å². The van der Waals surface area contributed by atoms with Gasteiger partial charge in [0.15, 0.2) is 5.84 Å². The number of carbonyl (C=O) groups is 1. The fraction of sp³-hybridized carbons (Fsp3) is 0.222. The molecule has 2 heterocycles. The molecule has 46 heavy (non-hydrogen) atoms. The van der Waals surface area contributed by atoms with Crippen LogP contribution in [-0.2, 0) is 6.54 Å².